The number of hydrogen-bond acceptors (Lipinski definition) is 5. The number of amides is 1. The van der Waals surface area contributed by atoms with Crippen LogP contribution < -0.4 is 5.32 Å². The Labute approximate surface area is 181 Å². The van der Waals surface area contributed by atoms with Crippen molar-refractivity contribution in [2.45, 2.75) is 70.4 Å². The molecule has 1 amide bonds. The summed E-state index contributed by atoms with van der Waals surface area (Å²) in [5.74, 6) is 1.29. The molecule has 9 heteroatoms. The Kier molecular flexibility index (Phi) is 4.86. The first-order chi connectivity index (χ1) is 14.8. The predicted molar refractivity (Wildman–Crippen MR) is 113 cm³/mol. The van der Waals surface area contributed by atoms with Crippen LogP contribution in [0.4, 0.5) is 5.69 Å². The number of rotatable bonds is 8. The third-order valence-electron chi connectivity index (χ3n) is 7.60. The van der Waals surface area contributed by atoms with Crippen molar-refractivity contribution in [3.63, 3.8) is 0 Å². The number of nitrogens with zero attached hydrogens (tertiary/aromatic N) is 5. The average Bonchev–Trinajstić information content (AvgIpc) is 3.33. The molecular weight excluding hydrogens is 396 g/mol. The Bertz CT molecular complexity index is 981. The lowest BCUT2D eigenvalue weighted by Crippen LogP contribution is -2.57. The molecule has 0 saturated heterocycles. The lowest BCUT2D eigenvalue weighted by atomic mass is 9.46. The van der Waals surface area contributed by atoms with Gasteiger partial charge in [0.15, 0.2) is 0 Å². The molecule has 2 unspecified atom stereocenters. The zero-order valence-corrected chi connectivity index (χ0v) is 18.0. The van der Waals surface area contributed by atoms with Crippen LogP contribution in [0.3, 0.4) is 0 Å². The molecule has 2 atom stereocenters. The maximum atomic E-state index is 12.8. The number of nitro groups is 1. The van der Waals surface area contributed by atoms with Crippen molar-refractivity contribution in [2.24, 2.45) is 17.3 Å². The lowest BCUT2D eigenvalue weighted by Gasteiger charge is -2.61. The second kappa shape index (κ2) is 7.46. The van der Waals surface area contributed by atoms with Gasteiger partial charge in [0.05, 0.1) is 16.7 Å². The number of nitrogens with one attached hydrogen (secondary N) is 1. The fourth-order valence-electron chi connectivity index (χ4n) is 7.00. The summed E-state index contributed by atoms with van der Waals surface area (Å²) < 4.78 is 3.77. The van der Waals surface area contributed by atoms with E-state index in [0.717, 1.165) is 50.6 Å². The van der Waals surface area contributed by atoms with E-state index in [1.165, 1.54) is 12.6 Å². The summed E-state index contributed by atoms with van der Waals surface area (Å²) >= 11 is 0. The first-order valence-electron chi connectivity index (χ1n) is 11.3. The third kappa shape index (κ3) is 3.85. The summed E-state index contributed by atoms with van der Waals surface area (Å²) in [5.41, 5.74) is 1.02. The summed E-state index contributed by atoms with van der Waals surface area (Å²) in [6, 6.07) is 0. The Hall–Kier alpha value is -2.71. The fraction of sp³-hybridized carbons (Fsp3) is 0.682. The molecule has 9 nitrogen and oxygen atoms in total. The van der Waals surface area contributed by atoms with Crippen LogP contribution in [0.2, 0.25) is 0 Å². The van der Waals surface area contributed by atoms with Crippen LogP contribution in [0.5, 0.6) is 0 Å². The van der Waals surface area contributed by atoms with Crippen LogP contribution in [0.15, 0.2) is 24.8 Å². The van der Waals surface area contributed by atoms with Crippen LogP contribution in [0.1, 0.15) is 56.9 Å². The minimum Gasteiger partial charge on any atom is -0.356 e. The molecular formula is C22H30N6O3. The average molecular weight is 427 g/mol. The molecule has 166 valence electrons. The molecule has 0 spiro atoms. The third-order valence-corrected chi connectivity index (χ3v) is 7.60. The van der Waals surface area contributed by atoms with Crippen LogP contribution in [0, 0.1) is 34.3 Å². The van der Waals surface area contributed by atoms with E-state index in [2.05, 4.69) is 15.5 Å². The van der Waals surface area contributed by atoms with Crippen LogP contribution >= 0.6 is 0 Å². The zero-order valence-electron chi connectivity index (χ0n) is 18.0. The van der Waals surface area contributed by atoms with E-state index in [9.17, 15) is 14.9 Å². The first-order valence-corrected chi connectivity index (χ1v) is 11.3. The Balaban J connectivity index is 1.23. The van der Waals surface area contributed by atoms with Gasteiger partial charge in [-0.2, -0.15) is 10.2 Å². The Morgan fingerprint density at radius 2 is 2.00 bits per heavy atom. The van der Waals surface area contributed by atoms with E-state index in [-0.39, 0.29) is 27.5 Å². The van der Waals surface area contributed by atoms with Gasteiger partial charge < -0.3 is 5.32 Å². The van der Waals surface area contributed by atoms with Crippen molar-refractivity contribution in [1.29, 1.82) is 0 Å². The van der Waals surface area contributed by atoms with Gasteiger partial charge in [0.2, 0.25) is 5.91 Å². The first kappa shape index (κ1) is 20.2. The molecule has 6 rings (SSSR count). The molecule has 4 fully saturated rings. The zero-order chi connectivity index (χ0) is 21.6. The highest BCUT2D eigenvalue weighted by molar-refractivity contribution is 5.76. The molecule has 4 aliphatic carbocycles. The van der Waals surface area contributed by atoms with Crippen LogP contribution in [-0.2, 0) is 16.9 Å². The van der Waals surface area contributed by atoms with E-state index in [0.29, 0.717) is 24.8 Å². The van der Waals surface area contributed by atoms with Gasteiger partial charge in [-0.15, -0.1) is 0 Å². The minimum atomic E-state index is -0.377. The maximum Gasteiger partial charge on any atom is 0.307 e. The minimum absolute atomic E-state index is 0.00596. The Morgan fingerprint density at radius 3 is 2.65 bits per heavy atom. The molecule has 0 radical (unpaired) electrons. The highest BCUT2D eigenvalue weighted by atomic mass is 16.6. The summed E-state index contributed by atoms with van der Waals surface area (Å²) in [6.45, 7) is 3.47. The van der Waals surface area contributed by atoms with E-state index in [1.807, 2.05) is 28.7 Å². The van der Waals surface area contributed by atoms with Gasteiger partial charge in [-0.3, -0.25) is 24.3 Å². The summed E-state index contributed by atoms with van der Waals surface area (Å²) in [7, 11) is 0. The van der Waals surface area contributed by atoms with Crippen molar-refractivity contribution in [1.82, 2.24) is 24.9 Å². The van der Waals surface area contributed by atoms with E-state index in [4.69, 9.17) is 0 Å². The van der Waals surface area contributed by atoms with Crippen molar-refractivity contribution < 1.29 is 9.72 Å². The van der Waals surface area contributed by atoms with Crippen molar-refractivity contribution in [3.05, 3.63) is 40.5 Å². The van der Waals surface area contributed by atoms with Crippen molar-refractivity contribution in [2.75, 3.05) is 6.54 Å². The molecule has 31 heavy (non-hydrogen) atoms. The summed E-state index contributed by atoms with van der Waals surface area (Å²) in [6.07, 6.45) is 14.6. The van der Waals surface area contributed by atoms with Gasteiger partial charge in [-0.1, -0.05) is 0 Å². The van der Waals surface area contributed by atoms with E-state index in [1.54, 1.807) is 6.20 Å². The molecule has 0 aromatic carbocycles. The normalized spacial score (nSPS) is 31.1. The van der Waals surface area contributed by atoms with Crippen molar-refractivity contribution >= 4 is 11.6 Å². The maximum absolute atomic E-state index is 12.8. The number of aryl methyl sites for hydroxylation is 2. The van der Waals surface area contributed by atoms with Crippen molar-refractivity contribution in [3.8, 4) is 0 Å². The van der Waals surface area contributed by atoms with Crippen LogP contribution in [-0.4, -0.2) is 36.9 Å². The SMILES string of the molecule is Cc1cnn(CCCNC(=O)CC23CC4CC(C2)CC(n2cc([N+](=O)[O-])cn2)(C4)C3)c1. The lowest BCUT2D eigenvalue weighted by molar-refractivity contribution is -0.385. The largest absolute Gasteiger partial charge is 0.356 e. The van der Waals surface area contributed by atoms with Crippen LogP contribution in [0.25, 0.3) is 0 Å². The quantitative estimate of drug-likeness (QED) is 0.396. The van der Waals surface area contributed by atoms with Gasteiger partial charge in [0.1, 0.15) is 12.4 Å². The second-order valence-electron chi connectivity index (χ2n) is 10.2. The monoisotopic (exact) mass is 426 g/mol. The molecule has 0 aliphatic heterocycles. The van der Waals surface area contributed by atoms with Gasteiger partial charge in [0.25, 0.3) is 0 Å². The van der Waals surface area contributed by atoms with Gasteiger partial charge in [-0.25, -0.2) is 0 Å². The standard InChI is InChI=1S/C22H30N6O3/c1-16-11-24-26(13-16)4-2-3-23-20(29)10-21-6-17-5-18(7-21)9-22(8-17,15-21)27-14-19(12-25-27)28(30)31/h11-14,17-18H,2-10,15H2,1H3,(H,23,29). The topological polar surface area (TPSA) is 108 Å². The number of carbonyl (C=O) groups is 1. The predicted octanol–water partition coefficient (Wildman–Crippen LogP) is 3.19. The smallest absolute Gasteiger partial charge is 0.307 e. The molecule has 1 N–H and O–H groups in total. The number of carbonyl (C=O) groups excluding carboxylic acids is 1. The Morgan fingerprint density at radius 1 is 1.23 bits per heavy atom. The molecule has 4 saturated carbocycles. The second-order valence-corrected chi connectivity index (χ2v) is 10.2. The molecule has 2 aromatic heterocycles. The van der Waals surface area contributed by atoms with Gasteiger partial charge >= 0.3 is 5.69 Å². The van der Waals surface area contributed by atoms with E-state index < -0.39 is 0 Å². The molecule has 4 bridgehead atoms. The molecule has 4 aliphatic rings. The highest BCUT2D eigenvalue weighted by Crippen LogP contribution is 2.65. The summed E-state index contributed by atoms with van der Waals surface area (Å²) in [5, 5.41) is 23.0. The highest BCUT2D eigenvalue weighted by Gasteiger charge is 2.59. The fourth-order valence-corrected chi connectivity index (χ4v) is 7.00. The van der Waals surface area contributed by atoms with E-state index >= 15 is 0 Å². The van der Waals surface area contributed by atoms with Gasteiger partial charge in [0, 0.05) is 25.7 Å². The van der Waals surface area contributed by atoms with Gasteiger partial charge in [-0.05, 0) is 74.7 Å². The number of hydrogen-bond donors (Lipinski definition) is 1. The molecule has 2 aromatic rings. The number of aromatic nitrogens is 4. The molecule has 2 heterocycles. The summed E-state index contributed by atoms with van der Waals surface area (Å²) in [4.78, 5) is 23.6.